The van der Waals surface area contributed by atoms with Gasteiger partial charge in [0.05, 0.1) is 6.04 Å². The third-order valence-corrected chi connectivity index (χ3v) is 2.53. The third-order valence-electron chi connectivity index (χ3n) is 2.53. The third kappa shape index (κ3) is 0.914. The number of nitrogens with zero attached hydrogens (tertiary/aromatic N) is 1. The van der Waals surface area contributed by atoms with E-state index in [1.165, 1.54) is 0 Å². The Kier molecular flexibility index (Phi) is 1.37. The summed E-state index contributed by atoms with van der Waals surface area (Å²) in [6.07, 6.45) is 6.29. The van der Waals surface area contributed by atoms with Crippen LogP contribution in [0.25, 0.3) is 0 Å². The number of hydrogen-bond donors (Lipinski definition) is 1. The summed E-state index contributed by atoms with van der Waals surface area (Å²) in [6.45, 7) is 0. The van der Waals surface area contributed by atoms with Gasteiger partial charge in [-0.15, -0.1) is 0 Å². The maximum Gasteiger partial charge on any atom is 0.408 e. The molecule has 0 aliphatic carbocycles. The zero-order valence-electron chi connectivity index (χ0n) is 6.23. The van der Waals surface area contributed by atoms with Gasteiger partial charge in [-0.25, -0.2) is 4.79 Å². The number of rotatable bonds is 0. The molecule has 2 atom stereocenters. The van der Waals surface area contributed by atoms with Crippen LogP contribution in [0.15, 0.2) is 12.2 Å². The molecule has 2 rings (SSSR count). The highest BCUT2D eigenvalue weighted by Crippen LogP contribution is 2.30. The average Bonchev–Trinajstić information content (AvgIpc) is 2.23. The van der Waals surface area contributed by atoms with Crippen LogP contribution in [0.4, 0.5) is 4.79 Å². The summed E-state index contributed by atoms with van der Waals surface area (Å²) in [4.78, 5) is 12.3. The van der Waals surface area contributed by atoms with Gasteiger partial charge >= 0.3 is 6.09 Å². The van der Waals surface area contributed by atoms with Crippen molar-refractivity contribution in [2.24, 2.45) is 0 Å². The van der Waals surface area contributed by atoms with Crippen LogP contribution in [0.1, 0.15) is 19.3 Å². The average molecular weight is 153 g/mol. The van der Waals surface area contributed by atoms with E-state index in [9.17, 15) is 4.79 Å². The van der Waals surface area contributed by atoms with E-state index in [4.69, 9.17) is 5.11 Å². The van der Waals surface area contributed by atoms with Crippen molar-refractivity contribution in [1.82, 2.24) is 4.90 Å². The van der Waals surface area contributed by atoms with Crippen molar-refractivity contribution < 1.29 is 9.90 Å². The Bertz CT molecular complexity index is 212. The van der Waals surface area contributed by atoms with Crippen molar-refractivity contribution in [3.63, 3.8) is 0 Å². The molecule has 0 aromatic rings. The smallest absolute Gasteiger partial charge is 0.408 e. The van der Waals surface area contributed by atoms with Crippen molar-refractivity contribution in [3.05, 3.63) is 12.2 Å². The fraction of sp³-hybridized carbons (Fsp3) is 0.625. The fourth-order valence-electron chi connectivity index (χ4n) is 2.02. The standard InChI is InChI=1S/C8H11NO2/c10-8(11)9-6-2-1-3-7(9)5-4-6/h1-2,6-7H,3-5H2,(H,10,11). The van der Waals surface area contributed by atoms with Gasteiger partial charge in [-0.05, 0) is 19.3 Å². The molecule has 0 spiro atoms. The number of amides is 1. The van der Waals surface area contributed by atoms with Crippen LogP contribution < -0.4 is 0 Å². The molecular formula is C8H11NO2. The van der Waals surface area contributed by atoms with E-state index < -0.39 is 6.09 Å². The molecular weight excluding hydrogens is 142 g/mol. The molecule has 0 aromatic heterocycles. The molecule has 0 saturated carbocycles. The topological polar surface area (TPSA) is 40.5 Å². The van der Waals surface area contributed by atoms with E-state index in [2.05, 4.69) is 6.08 Å². The first-order valence-electron chi connectivity index (χ1n) is 3.97. The van der Waals surface area contributed by atoms with Crippen molar-refractivity contribution in [2.45, 2.75) is 31.3 Å². The Morgan fingerprint density at radius 1 is 1.55 bits per heavy atom. The van der Waals surface area contributed by atoms with E-state index in [1.807, 2.05) is 6.08 Å². The zero-order valence-corrected chi connectivity index (χ0v) is 6.23. The SMILES string of the molecule is O=C(O)N1C2C=CCC1CC2. The molecule has 0 aromatic carbocycles. The molecule has 2 unspecified atom stereocenters. The first-order chi connectivity index (χ1) is 5.29. The van der Waals surface area contributed by atoms with Crippen LogP contribution in [-0.4, -0.2) is 28.2 Å². The lowest BCUT2D eigenvalue weighted by molar-refractivity contribution is 0.127. The normalized spacial score (nSPS) is 34.4. The highest BCUT2D eigenvalue weighted by atomic mass is 16.4. The van der Waals surface area contributed by atoms with Gasteiger partial charge in [0, 0.05) is 6.04 Å². The zero-order chi connectivity index (χ0) is 7.84. The van der Waals surface area contributed by atoms with Gasteiger partial charge in [0.15, 0.2) is 0 Å². The van der Waals surface area contributed by atoms with Gasteiger partial charge in [-0.2, -0.15) is 0 Å². The minimum atomic E-state index is -0.762. The van der Waals surface area contributed by atoms with Gasteiger partial charge in [0.1, 0.15) is 0 Å². The van der Waals surface area contributed by atoms with Gasteiger partial charge in [0.2, 0.25) is 0 Å². The molecule has 1 saturated heterocycles. The summed E-state index contributed by atoms with van der Waals surface area (Å²) >= 11 is 0. The minimum Gasteiger partial charge on any atom is -0.465 e. The van der Waals surface area contributed by atoms with E-state index in [1.54, 1.807) is 4.90 Å². The summed E-state index contributed by atoms with van der Waals surface area (Å²) in [5.41, 5.74) is 0. The first-order valence-corrected chi connectivity index (χ1v) is 3.97. The van der Waals surface area contributed by atoms with Gasteiger partial charge < -0.3 is 5.11 Å². The molecule has 11 heavy (non-hydrogen) atoms. The number of hydrogen-bond acceptors (Lipinski definition) is 1. The van der Waals surface area contributed by atoms with Gasteiger partial charge in [-0.1, -0.05) is 12.2 Å². The van der Waals surface area contributed by atoms with Crippen molar-refractivity contribution >= 4 is 6.09 Å². The summed E-state index contributed by atoms with van der Waals surface area (Å²) in [6, 6.07) is 0.439. The molecule has 1 fully saturated rings. The van der Waals surface area contributed by atoms with E-state index in [-0.39, 0.29) is 12.1 Å². The first kappa shape index (κ1) is 6.70. The van der Waals surface area contributed by atoms with E-state index in [0.29, 0.717) is 0 Å². The highest BCUT2D eigenvalue weighted by molar-refractivity contribution is 5.67. The minimum absolute atomic E-state index is 0.172. The maximum atomic E-state index is 10.7. The lowest BCUT2D eigenvalue weighted by Gasteiger charge is -2.28. The predicted octanol–water partition coefficient (Wildman–Crippen LogP) is 1.46. The Hall–Kier alpha value is -0.990. The summed E-state index contributed by atoms with van der Waals surface area (Å²) in [5.74, 6) is 0. The second-order valence-electron chi connectivity index (χ2n) is 3.15. The molecule has 1 N–H and O–H groups in total. The molecule has 60 valence electrons. The number of carbonyl (C=O) groups is 1. The van der Waals surface area contributed by atoms with Gasteiger partial charge in [0.25, 0.3) is 0 Å². The van der Waals surface area contributed by atoms with Crippen LogP contribution in [-0.2, 0) is 0 Å². The Morgan fingerprint density at radius 3 is 2.91 bits per heavy atom. The summed E-state index contributed by atoms with van der Waals surface area (Å²) < 4.78 is 0. The van der Waals surface area contributed by atoms with Crippen LogP contribution in [0.3, 0.4) is 0 Å². The molecule has 1 amide bonds. The van der Waals surface area contributed by atoms with E-state index >= 15 is 0 Å². The van der Waals surface area contributed by atoms with E-state index in [0.717, 1.165) is 19.3 Å². The Labute approximate surface area is 65.3 Å². The molecule has 3 heteroatoms. The number of fused-ring (bicyclic) bond motifs is 2. The van der Waals surface area contributed by atoms with Crippen LogP contribution in [0.2, 0.25) is 0 Å². The Morgan fingerprint density at radius 2 is 2.36 bits per heavy atom. The van der Waals surface area contributed by atoms with Crippen LogP contribution >= 0.6 is 0 Å². The van der Waals surface area contributed by atoms with Crippen molar-refractivity contribution in [2.75, 3.05) is 0 Å². The Balaban J connectivity index is 2.23. The molecule has 3 nitrogen and oxygen atoms in total. The molecule has 2 bridgehead atoms. The fourth-order valence-corrected chi connectivity index (χ4v) is 2.02. The molecule has 2 heterocycles. The van der Waals surface area contributed by atoms with Gasteiger partial charge in [-0.3, -0.25) is 4.90 Å². The summed E-state index contributed by atoms with van der Waals surface area (Å²) in [5, 5.41) is 8.81. The largest absolute Gasteiger partial charge is 0.465 e. The lowest BCUT2D eigenvalue weighted by atomic mass is 10.1. The maximum absolute atomic E-state index is 10.7. The van der Waals surface area contributed by atoms with Crippen LogP contribution in [0, 0.1) is 0 Å². The molecule has 2 aliphatic rings. The number of carboxylic acid groups (broad SMARTS) is 1. The molecule has 0 radical (unpaired) electrons. The monoisotopic (exact) mass is 153 g/mol. The predicted molar refractivity (Wildman–Crippen MR) is 40.4 cm³/mol. The van der Waals surface area contributed by atoms with Crippen molar-refractivity contribution in [3.8, 4) is 0 Å². The van der Waals surface area contributed by atoms with Crippen molar-refractivity contribution in [1.29, 1.82) is 0 Å². The lowest BCUT2D eigenvalue weighted by Crippen LogP contribution is -2.41. The van der Waals surface area contributed by atoms with Crippen LogP contribution in [0.5, 0.6) is 0 Å². The quantitative estimate of drug-likeness (QED) is 0.535. The molecule has 2 aliphatic heterocycles. The summed E-state index contributed by atoms with van der Waals surface area (Å²) in [7, 11) is 0. The highest BCUT2D eigenvalue weighted by Gasteiger charge is 2.36. The second kappa shape index (κ2) is 2.26. The second-order valence-corrected chi connectivity index (χ2v) is 3.15.